The Balaban J connectivity index is 1.88. The van der Waals surface area contributed by atoms with E-state index in [1.165, 1.54) is 23.9 Å². The average molecular weight is 470 g/mol. The fraction of sp³-hybridized carbons (Fsp3) is 0.125. The monoisotopic (exact) mass is 469 g/mol. The number of anilines is 1. The van der Waals surface area contributed by atoms with Crippen molar-refractivity contribution in [2.45, 2.75) is 5.75 Å². The van der Waals surface area contributed by atoms with Crippen molar-refractivity contribution in [2.75, 3.05) is 19.0 Å². The van der Waals surface area contributed by atoms with E-state index in [-0.39, 0.29) is 11.6 Å². The lowest BCUT2D eigenvalue weighted by Crippen LogP contribution is -2.08. The summed E-state index contributed by atoms with van der Waals surface area (Å²) in [5, 5.41) is 0. The maximum Gasteiger partial charge on any atom is 0.199 e. The number of nitrogens with zero attached hydrogens (tertiary/aromatic N) is 1. The van der Waals surface area contributed by atoms with E-state index in [1.54, 1.807) is 12.1 Å². The fourth-order valence-corrected chi connectivity index (χ4v) is 3.93. The number of rotatable bonds is 7. The van der Waals surface area contributed by atoms with Crippen LogP contribution in [-0.4, -0.2) is 19.9 Å². The molecule has 0 fully saturated rings. The molecule has 2 nitrogen and oxygen atoms in total. The van der Waals surface area contributed by atoms with Gasteiger partial charge in [-0.05, 0) is 65.7 Å². The SMILES string of the molecule is CN(C)c1ccc(/C=C(/SCc2ccc(F)cc2)C(=O)c2ccc(Br)cc2)cc1. The number of allylic oxidation sites excluding steroid dienone is 1. The first-order valence-electron chi connectivity index (χ1n) is 9.09. The molecule has 3 aromatic carbocycles. The molecule has 0 unspecified atom stereocenters. The summed E-state index contributed by atoms with van der Waals surface area (Å²) in [6.45, 7) is 0. The highest BCUT2D eigenvalue weighted by molar-refractivity contribution is 9.10. The second-order valence-corrected chi connectivity index (χ2v) is 8.68. The molecule has 5 heteroatoms. The lowest BCUT2D eigenvalue weighted by Gasteiger charge is -2.12. The number of benzene rings is 3. The number of carbonyl (C=O) groups is 1. The van der Waals surface area contributed by atoms with E-state index in [0.717, 1.165) is 21.3 Å². The van der Waals surface area contributed by atoms with Gasteiger partial charge in [-0.15, -0.1) is 11.8 Å². The minimum Gasteiger partial charge on any atom is -0.378 e. The average Bonchev–Trinajstić information content (AvgIpc) is 2.72. The summed E-state index contributed by atoms with van der Waals surface area (Å²) < 4.78 is 14.1. The van der Waals surface area contributed by atoms with Crippen molar-refractivity contribution in [2.24, 2.45) is 0 Å². The van der Waals surface area contributed by atoms with E-state index in [9.17, 15) is 9.18 Å². The molecule has 0 aliphatic rings. The van der Waals surface area contributed by atoms with Gasteiger partial charge >= 0.3 is 0 Å². The van der Waals surface area contributed by atoms with Crippen LogP contribution in [0.5, 0.6) is 0 Å². The third-order valence-corrected chi connectivity index (χ3v) is 5.97. The number of thioether (sulfide) groups is 1. The normalized spacial score (nSPS) is 11.4. The molecule has 148 valence electrons. The number of hydrogen-bond acceptors (Lipinski definition) is 3. The Hall–Kier alpha value is -2.37. The number of Topliss-reactive ketones (excluding diaryl/α,β-unsaturated/α-hetero) is 1. The predicted molar refractivity (Wildman–Crippen MR) is 125 cm³/mol. The Kier molecular flexibility index (Phi) is 7.29. The summed E-state index contributed by atoms with van der Waals surface area (Å²) >= 11 is 4.87. The van der Waals surface area contributed by atoms with Gasteiger partial charge in [0.15, 0.2) is 5.78 Å². The first-order chi connectivity index (χ1) is 13.9. The van der Waals surface area contributed by atoms with Gasteiger partial charge in [-0.3, -0.25) is 4.79 Å². The van der Waals surface area contributed by atoms with Gasteiger partial charge in [0.1, 0.15) is 5.82 Å². The van der Waals surface area contributed by atoms with Crippen LogP contribution >= 0.6 is 27.7 Å². The van der Waals surface area contributed by atoms with Crippen LogP contribution in [0.2, 0.25) is 0 Å². The Morgan fingerprint density at radius 2 is 1.59 bits per heavy atom. The molecule has 0 aromatic heterocycles. The van der Waals surface area contributed by atoms with E-state index < -0.39 is 0 Å². The molecule has 3 aromatic rings. The molecule has 0 amide bonds. The van der Waals surface area contributed by atoms with Crippen LogP contribution in [0.3, 0.4) is 0 Å². The molecule has 0 radical (unpaired) electrons. The van der Waals surface area contributed by atoms with Crippen LogP contribution in [-0.2, 0) is 5.75 Å². The molecular formula is C24H21BrFNOS. The lowest BCUT2D eigenvalue weighted by atomic mass is 10.1. The van der Waals surface area contributed by atoms with Crippen molar-refractivity contribution in [3.8, 4) is 0 Å². The van der Waals surface area contributed by atoms with Gasteiger partial charge in [0.25, 0.3) is 0 Å². The zero-order valence-corrected chi connectivity index (χ0v) is 18.6. The Morgan fingerprint density at radius 1 is 0.966 bits per heavy atom. The summed E-state index contributed by atoms with van der Waals surface area (Å²) in [4.78, 5) is 15.8. The first-order valence-corrected chi connectivity index (χ1v) is 10.9. The van der Waals surface area contributed by atoms with Crippen molar-refractivity contribution in [3.05, 3.63) is 105 Å². The molecule has 3 rings (SSSR count). The highest BCUT2D eigenvalue weighted by atomic mass is 79.9. The second-order valence-electron chi connectivity index (χ2n) is 6.75. The van der Waals surface area contributed by atoms with Crippen molar-refractivity contribution >= 4 is 45.2 Å². The van der Waals surface area contributed by atoms with Crippen LogP contribution < -0.4 is 4.90 Å². The Labute approximate surface area is 183 Å². The van der Waals surface area contributed by atoms with E-state index in [0.29, 0.717) is 16.2 Å². The third kappa shape index (κ3) is 6.05. The van der Waals surface area contributed by atoms with Crippen LogP contribution in [0.1, 0.15) is 21.5 Å². The molecule has 0 heterocycles. The summed E-state index contributed by atoms with van der Waals surface area (Å²) in [7, 11) is 3.98. The largest absolute Gasteiger partial charge is 0.378 e. The van der Waals surface area contributed by atoms with E-state index in [1.807, 2.05) is 73.6 Å². The van der Waals surface area contributed by atoms with Gasteiger partial charge in [0.05, 0.1) is 4.91 Å². The van der Waals surface area contributed by atoms with Gasteiger partial charge in [-0.25, -0.2) is 4.39 Å². The molecule has 0 spiro atoms. The van der Waals surface area contributed by atoms with Crippen molar-refractivity contribution < 1.29 is 9.18 Å². The highest BCUT2D eigenvalue weighted by Gasteiger charge is 2.14. The second kappa shape index (κ2) is 9.90. The molecule has 0 saturated heterocycles. The van der Waals surface area contributed by atoms with Crippen molar-refractivity contribution in [3.63, 3.8) is 0 Å². The summed E-state index contributed by atoms with van der Waals surface area (Å²) in [6.07, 6.45) is 1.91. The summed E-state index contributed by atoms with van der Waals surface area (Å²) in [5.74, 6) is 0.298. The Morgan fingerprint density at radius 3 is 2.17 bits per heavy atom. The minimum atomic E-state index is -0.263. The molecule has 0 bridgehead atoms. The molecule has 0 N–H and O–H groups in total. The fourth-order valence-electron chi connectivity index (χ4n) is 2.68. The van der Waals surface area contributed by atoms with Gasteiger partial charge < -0.3 is 4.90 Å². The van der Waals surface area contributed by atoms with Crippen LogP contribution in [0.15, 0.2) is 82.2 Å². The topological polar surface area (TPSA) is 20.3 Å². The smallest absolute Gasteiger partial charge is 0.199 e. The van der Waals surface area contributed by atoms with Gasteiger partial charge in [0, 0.05) is 35.6 Å². The summed E-state index contributed by atoms with van der Waals surface area (Å²) in [6, 6.07) is 21.8. The van der Waals surface area contributed by atoms with Gasteiger partial charge in [-0.2, -0.15) is 0 Å². The van der Waals surface area contributed by atoms with Gasteiger partial charge in [0.2, 0.25) is 0 Å². The van der Waals surface area contributed by atoms with E-state index >= 15 is 0 Å². The van der Waals surface area contributed by atoms with E-state index in [2.05, 4.69) is 15.9 Å². The maximum atomic E-state index is 13.2. The highest BCUT2D eigenvalue weighted by Crippen LogP contribution is 2.28. The molecule has 29 heavy (non-hydrogen) atoms. The number of carbonyl (C=O) groups excluding carboxylic acids is 1. The molecule has 0 aliphatic heterocycles. The van der Waals surface area contributed by atoms with E-state index in [4.69, 9.17) is 0 Å². The predicted octanol–water partition coefficient (Wildman–Crippen LogP) is 6.81. The van der Waals surface area contributed by atoms with Crippen LogP contribution in [0.25, 0.3) is 6.08 Å². The molecule has 0 saturated carbocycles. The van der Waals surface area contributed by atoms with Crippen molar-refractivity contribution in [1.82, 2.24) is 0 Å². The minimum absolute atomic E-state index is 0.0266. The number of hydrogen-bond donors (Lipinski definition) is 0. The maximum absolute atomic E-state index is 13.2. The first kappa shape index (κ1) is 21.3. The Bertz CT molecular complexity index is 997. The molecule has 0 atom stereocenters. The van der Waals surface area contributed by atoms with Crippen molar-refractivity contribution in [1.29, 1.82) is 0 Å². The summed E-state index contributed by atoms with van der Waals surface area (Å²) in [5.41, 5.74) is 3.66. The van der Waals surface area contributed by atoms with Crippen LogP contribution in [0.4, 0.5) is 10.1 Å². The number of halogens is 2. The lowest BCUT2D eigenvalue weighted by molar-refractivity contribution is 0.104. The standard InChI is InChI=1S/C24H21BrFNOS/c1-27(2)22-13-5-17(6-14-22)15-23(24(28)19-7-9-20(25)10-8-19)29-16-18-3-11-21(26)12-4-18/h3-15H,16H2,1-2H3/b23-15+. The zero-order valence-electron chi connectivity index (χ0n) is 16.2. The van der Waals surface area contributed by atoms with Gasteiger partial charge in [-0.1, -0.05) is 40.2 Å². The third-order valence-electron chi connectivity index (χ3n) is 4.35. The van der Waals surface area contributed by atoms with Crippen LogP contribution in [0, 0.1) is 5.82 Å². The molecule has 0 aliphatic carbocycles. The zero-order chi connectivity index (χ0) is 20.8. The quantitative estimate of drug-likeness (QED) is 0.280. The number of ketones is 1. The molecular weight excluding hydrogens is 449 g/mol.